The van der Waals surface area contributed by atoms with E-state index in [9.17, 15) is 5.26 Å². The van der Waals surface area contributed by atoms with Crippen molar-refractivity contribution in [2.24, 2.45) is 23.7 Å². The van der Waals surface area contributed by atoms with Crippen molar-refractivity contribution in [3.63, 3.8) is 0 Å². The van der Waals surface area contributed by atoms with Crippen molar-refractivity contribution in [1.82, 2.24) is 0 Å². The summed E-state index contributed by atoms with van der Waals surface area (Å²) in [4.78, 5) is 0. The minimum atomic E-state index is 0.315. The van der Waals surface area contributed by atoms with E-state index in [1.807, 2.05) is 0 Å². The predicted octanol–water partition coefficient (Wildman–Crippen LogP) is 10.00. The number of unbranched alkanes of at least 4 members (excludes halogenated alkanes) is 5. The molecule has 0 radical (unpaired) electrons. The van der Waals surface area contributed by atoms with Crippen LogP contribution in [0.1, 0.15) is 140 Å². The Morgan fingerprint density at radius 2 is 1.39 bits per heavy atom. The maximum Gasteiger partial charge on any atom is 0.0658 e. The first-order valence-corrected chi connectivity index (χ1v) is 14.7. The van der Waals surface area contributed by atoms with E-state index in [2.05, 4.69) is 44.2 Å². The molecular formula is C32H51N. The SMILES string of the molecule is CCCCCCCCc1ccc(C2CCC(CC(C#N)C3CCC(CCC)CC3)CC2)cc1. The maximum absolute atomic E-state index is 9.90. The van der Waals surface area contributed by atoms with E-state index in [0.717, 1.165) is 17.8 Å². The van der Waals surface area contributed by atoms with Crippen LogP contribution in [0.25, 0.3) is 0 Å². The van der Waals surface area contributed by atoms with Crippen LogP contribution in [-0.4, -0.2) is 0 Å². The van der Waals surface area contributed by atoms with Gasteiger partial charge in [-0.3, -0.25) is 0 Å². The summed E-state index contributed by atoms with van der Waals surface area (Å²) in [5.74, 6) is 3.47. The lowest BCUT2D eigenvalue weighted by atomic mass is 9.70. The Bertz CT molecular complexity index is 667. The number of hydrogen-bond acceptors (Lipinski definition) is 1. The largest absolute Gasteiger partial charge is 0.198 e. The number of benzene rings is 1. The van der Waals surface area contributed by atoms with Crippen LogP contribution < -0.4 is 0 Å². The van der Waals surface area contributed by atoms with E-state index >= 15 is 0 Å². The predicted molar refractivity (Wildman–Crippen MR) is 142 cm³/mol. The number of hydrogen-bond donors (Lipinski definition) is 0. The summed E-state index contributed by atoms with van der Waals surface area (Å²) in [5.41, 5.74) is 3.08. The summed E-state index contributed by atoms with van der Waals surface area (Å²) in [6, 6.07) is 12.4. The molecule has 1 unspecified atom stereocenters. The first-order valence-electron chi connectivity index (χ1n) is 14.7. The van der Waals surface area contributed by atoms with Gasteiger partial charge in [0, 0.05) is 5.92 Å². The first kappa shape index (κ1) is 26.3. The minimum Gasteiger partial charge on any atom is -0.198 e. The standard InChI is InChI=1S/C32H51N/c1-3-5-6-7-8-9-11-27-14-18-29(19-15-27)30-22-16-28(17-23-30)24-32(25-33)31-20-12-26(10-4-2)13-21-31/h14-15,18-19,26,28,30-32H,3-13,16-17,20-24H2,1-2H3. The molecule has 0 bridgehead atoms. The van der Waals surface area contributed by atoms with Gasteiger partial charge < -0.3 is 0 Å². The lowest BCUT2D eigenvalue weighted by Crippen LogP contribution is -2.24. The zero-order valence-corrected chi connectivity index (χ0v) is 21.9. The van der Waals surface area contributed by atoms with Crippen molar-refractivity contribution in [2.45, 2.75) is 135 Å². The molecule has 1 aromatic carbocycles. The Morgan fingerprint density at radius 3 is 2.03 bits per heavy atom. The Hall–Kier alpha value is -1.29. The van der Waals surface area contributed by atoms with Gasteiger partial charge in [0.25, 0.3) is 0 Å². The van der Waals surface area contributed by atoms with Crippen molar-refractivity contribution < 1.29 is 0 Å². The molecule has 2 aliphatic rings. The second kappa shape index (κ2) is 14.9. The molecule has 0 heterocycles. The number of aryl methyl sites for hydroxylation is 1. The van der Waals surface area contributed by atoms with Gasteiger partial charge >= 0.3 is 0 Å². The molecular weight excluding hydrogens is 398 g/mol. The Kier molecular flexibility index (Phi) is 11.9. The van der Waals surface area contributed by atoms with Crippen LogP contribution in [0.3, 0.4) is 0 Å². The monoisotopic (exact) mass is 449 g/mol. The molecule has 1 aromatic rings. The Balaban J connectivity index is 1.36. The molecule has 1 atom stereocenters. The maximum atomic E-state index is 9.90. The van der Waals surface area contributed by atoms with Gasteiger partial charge in [0.05, 0.1) is 6.07 Å². The quantitative estimate of drug-likeness (QED) is 0.275. The van der Waals surface area contributed by atoms with Gasteiger partial charge in [-0.25, -0.2) is 0 Å². The molecule has 0 aromatic heterocycles. The summed E-state index contributed by atoms with van der Waals surface area (Å²) < 4.78 is 0. The highest BCUT2D eigenvalue weighted by atomic mass is 14.4. The highest BCUT2D eigenvalue weighted by Gasteiger charge is 2.31. The van der Waals surface area contributed by atoms with Gasteiger partial charge in [0.2, 0.25) is 0 Å². The second-order valence-electron chi connectivity index (χ2n) is 11.5. The molecule has 0 aliphatic heterocycles. The van der Waals surface area contributed by atoms with Crippen LogP contribution in [-0.2, 0) is 6.42 Å². The van der Waals surface area contributed by atoms with Gasteiger partial charge in [-0.2, -0.15) is 5.26 Å². The molecule has 0 spiro atoms. The fourth-order valence-electron chi connectivity index (χ4n) is 6.79. The molecule has 3 rings (SSSR count). The summed E-state index contributed by atoms with van der Waals surface area (Å²) in [6.07, 6.45) is 24.1. The molecule has 0 saturated heterocycles. The van der Waals surface area contributed by atoms with Gasteiger partial charge in [-0.1, -0.05) is 95.9 Å². The van der Waals surface area contributed by atoms with Crippen LogP contribution in [0.2, 0.25) is 0 Å². The molecule has 2 aliphatic carbocycles. The zero-order chi connectivity index (χ0) is 23.3. The van der Waals surface area contributed by atoms with Crippen LogP contribution >= 0.6 is 0 Å². The summed E-state index contributed by atoms with van der Waals surface area (Å²) >= 11 is 0. The highest BCUT2D eigenvalue weighted by molar-refractivity contribution is 5.26. The fourth-order valence-corrected chi connectivity index (χ4v) is 6.79. The van der Waals surface area contributed by atoms with Crippen LogP contribution in [0.5, 0.6) is 0 Å². The van der Waals surface area contributed by atoms with Crippen molar-refractivity contribution in [3.05, 3.63) is 35.4 Å². The average Bonchev–Trinajstić information content (AvgIpc) is 2.86. The van der Waals surface area contributed by atoms with Crippen LogP contribution in [0.15, 0.2) is 24.3 Å². The van der Waals surface area contributed by atoms with E-state index in [1.165, 1.54) is 121 Å². The fraction of sp³-hybridized carbons (Fsp3) is 0.781. The number of nitrogens with zero attached hydrogens (tertiary/aromatic N) is 1. The second-order valence-corrected chi connectivity index (χ2v) is 11.5. The Morgan fingerprint density at radius 1 is 0.758 bits per heavy atom. The number of rotatable bonds is 13. The molecule has 0 N–H and O–H groups in total. The van der Waals surface area contributed by atoms with Gasteiger partial charge in [-0.05, 0) is 92.6 Å². The van der Waals surface area contributed by atoms with Gasteiger partial charge in [0.1, 0.15) is 0 Å². The van der Waals surface area contributed by atoms with Crippen LogP contribution in [0, 0.1) is 35.0 Å². The molecule has 1 nitrogen and oxygen atoms in total. The normalized spacial score (nSPS) is 26.6. The molecule has 1 heteroatoms. The molecule has 0 amide bonds. The van der Waals surface area contributed by atoms with Crippen molar-refractivity contribution in [2.75, 3.05) is 0 Å². The summed E-state index contributed by atoms with van der Waals surface area (Å²) in [7, 11) is 0. The highest BCUT2D eigenvalue weighted by Crippen LogP contribution is 2.42. The number of nitriles is 1. The molecule has 2 fully saturated rings. The van der Waals surface area contributed by atoms with Crippen molar-refractivity contribution >= 4 is 0 Å². The van der Waals surface area contributed by atoms with Crippen LogP contribution in [0.4, 0.5) is 0 Å². The molecule has 184 valence electrons. The van der Waals surface area contributed by atoms with E-state index in [-0.39, 0.29) is 0 Å². The topological polar surface area (TPSA) is 23.8 Å². The lowest BCUT2D eigenvalue weighted by molar-refractivity contribution is 0.189. The lowest BCUT2D eigenvalue weighted by Gasteiger charge is -2.34. The third kappa shape index (κ3) is 8.77. The first-order chi connectivity index (χ1) is 16.2. The van der Waals surface area contributed by atoms with Crippen molar-refractivity contribution in [3.8, 4) is 6.07 Å². The Labute approximate surface area is 205 Å². The third-order valence-electron chi connectivity index (χ3n) is 9.03. The van der Waals surface area contributed by atoms with E-state index < -0.39 is 0 Å². The summed E-state index contributed by atoms with van der Waals surface area (Å²) in [5, 5.41) is 9.90. The minimum absolute atomic E-state index is 0.315. The van der Waals surface area contributed by atoms with E-state index in [1.54, 1.807) is 5.56 Å². The molecule has 2 saturated carbocycles. The van der Waals surface area contributed by atoms with E-state index in [0.29, 0.717) is 11.8 Å². The van der Waals surface area contributed by atoms with E-state index in [4.69, 9.17) is 0 Å². The third-order valence-corrected chi connectivity index (χ3v) is 9.03. The van der Waals surface area contributed by atoms with Crippen molar-refractivity contribution in [1.29, 1.82) is 5.26 Å². The van der Waals surface area contributed by atoms with Gasteiger partial charge in [0.15, 0.2) is 0 Å². The smallest absolute Gasteiger partial charge is 0.0658 e. The summed E-state index contributed by atoms with van der Waals surface area (Å²) in [6.45, 7) is 4.60. The average molecular weight is 450 g/mol. The van der Waals surface area contributed by atoms with Gasteiger partial charge in [-0.15, -0.1) is 0 Å². The molecule has 33 heavy (non-hydrogen) atoms. The zero-order valence-electron chi connectivity index (χ0n) is 21.9.